The van der Waals surface area contributed by atoms with Crippen molar-refractivity contribution in [3.63, 3.8) is 0 Å². The zero-order valence-corrected chi connectivity index (χ0v) is 60.8. The van der Waals surface area contributed by atoms with Gasteiger partial charge in [-0.25, -0.2) is 32.3 Å². The first-order valence-corrected chi connectivity index (χ1v) is 36.0. The fourth-order valence-corrected chi connectivity index (χ4v) is 14.1. The second-order valence-electron chi connectivity index (χ2n) is 29.6. The van der Waals surface area contributed by atoms with Gasteiger partial charge in [0.1, 0.15) is 64.4 Å². The smallest absolute Gasteiger partial charge is 0.407 e. The molecule has 30 nitrogen and oxygen atoms in total. The summed E-state index contributed by atoms with van der Waals surface area (Å²) in [5.41, 5.74) is 6.15. The largest absolute Gasteiger partial charge is 0.487 e. The molecule has 9 amide bonds. The molecule has 4 aliphatic heterocycles. The molecule has 0 aromatic heterocycles. The number of guanidine groups is 1. The normalized spacial score (nSPS) is 18.8. The molecule has 0 aliphatic carbocycles. The van der Waals surface area contributed by atoms with E-state index in [-0.39, 0.29) is 95.5 Å². The van der Waals surface area contributed by atoms with Crippen LogP contribution in [-0.4, -0.2) is 204 Å². The quantitative estimate of drug-likeness (QED) is 0.0205. The van der Waals surface area contributed by atoms with Gasteiger partial charge in [0.05, 0.1) is 10.9 Å². The number of carbonyl (C=O) groups is 10. The van der Waals surface area contributed by atoms with Crippen LogP contribution in [0.3, 0.4) is 0 Å². The maximum Gasteiger partial charge on any atom is 0.407 e. The van der Waals surface area contributed by atoms with Crippen molar-refractivity contribution in [2.75, 3.05) is 45.8 Å². The van der Waals surface area contributed by atoms with Crippen LogP contribution in [0.2, 0.25) is 0 Å². The predicted molar refractivity (Wildman–Crippen MR) is 364 cm³/mol. The highest BCUT2D eigenvalue weighted by molar-refractivity contribution is 7.90. The Morgan fingerprint density at radius 3 is 1.32 bits per heavy atom. The van der Waals surface area contributed by atoms with Gasteiger partial charge in [-0.05, 0) is 223 Å². The fourth-order valence-electron chi connectivity index (χ4n) is 12.6. The number of nitrogens with one attached hydrogen (secondary N) is 9. The number of hydrogen-bond acceptors (Lipinski definition) is 18. The molecule has 4 aliphatic rings. The van der Waals surface area contributed by atoms with Crippen molar-refractivity contribution in [1.29, 1.82) is 5.41 Å². The third-order valence-corrected chi connectivity index (χ3v) is 18.9. The minimum Gasteiger partial charge on any atom is -0.487 e. The summed E-state index contributed by atoms with van der Waals surface area (Å²) in [4.78, 5) is 141. The van der Waals surface area contributed by atoms with Gasteiger partial charge in [0.2, 0.25) is 41.4 Å². The number of carboxylic acids is 1. The number of aliphatic carboxylic acids is 1. The second kappa shape index (κ2) is 35.4. The third-order valence-electron chi connectivity index (χ3n) is 17.2. The summed E-state index contributed by atoms with van der Waals surface area (Å²) in [6.07, 6.45) is 3.06. The van der Waals surface area contributed by atoms with Crippen LogP contribution in [0, 0.1) is 26.2 Å². The highest BCUT2D eigenvalue weighted by Gasteiger charge is 2.44. The molecule has 98 heavy (non-hydrogen) atoms. The van der Waals surface area contributed by atoms with E-state index in [9.17, 15) is 61.5 Å². The van der Waals surface area contributed by atoms with Gasteiger partial charge >= 0.3 is 24.2 Å². The van der Waals surface area contributed by atoms with E-state index in [0.717, 1.165) is 5.56 Å². The Bertz CT molecular complexity index is 3160. The molecule has 5 rings (SSSR count). The first-order chi connectivity index (χ1) is 45.6. The number of unbranched alkanes of at least 4 members (excludes halogenated alkanes) is 3. The zero-order chi connectivity index (χ0) is 73.3. The van der Waals surface area contributed by atoms with Gasteiger partial charge in [-0.3, -0.25) is 34.2 Å². The Kier molecular flexibility index (Phi) is 29.2. The van der Waals surface area contributed by atoms with Crippen LogP contribution >= 0.6 is 0 Å². The van der Waals surface area contributed by atoms with Crippen molar-refractivity contribution >= 4 is 75.7 Å². The average molecular weight is 1400 g/mol. The van der Waals surface area contributed by atoms with Crippen LogP contribution < -0.4 is 52.4 Å². The first-order valence-electron chi connectivity index (χ1n) is 34.5. The van der Waals surface area contributed by atoms with Crippen molar-refractivity contribution in [3.05, 3.63) is 22.3 Å². The van der Waals surface area contributed by atoms with Crippen LogP contribution in [0.15, 0.2) is 4.90 Å². The van der Waals surface area contributed by atoms with Crippen LogP contribution in [-0.2, 0) is 64.2 Å². The SMILES string of the molecule is Cc1c(C)c(S(=O)(=O)NC(=N)NCCC[C@H](NC(=O)[C@@H]2CCCN2C(=O)[C@H](CCCCNC(=O)OC(C)(C)C)NC(=O)[C@@H]2CCCN2C(=O)[C@H](CCCCNC(=O)OC(C)(C)C)NC(=O)[C@@H]2CCCN2C(=O)[C@@H](N)CCCCNC(=O)OC(C)(C)C)C(=O)O)c(C)c2c1OC(C)(C)C2. The van der Waals surface area contributed by atoms with Crippen molar-refractivity contribution in [1.82, 2.24) is 56.6 Å². The monoisotopic (exact) mass is 1400 g/mol. The van der Waals surface area contributed by atoms with E-state index in [1.54, 1.807) is 83.1 Å². The number of carbonyl (C=O) groups excluding carboxylic acids is 9. The number of fused-ring (bicyclic) bond motifs is 1. The molecule has 31 heteroatoms. The van der Waals surface area contributed by atoms with Gasteiger partial charge in [-0.1, -0.05) is 0 Å². The van der Waals surface area contributed by atoms with E-state index >= 15 is 0 Å². The van der Waals surface area contributed by atoms with Crippen LogP contribution in [0.25, 0.3) is 0 Å². The summed E-state index contributed by atoms with van der Waals surface area (Å²) in [7, 11) is -4.26. The number of benzene rings is 1. The van der Waals surface area contributed by atoms with E-state index < -0.39 is 140 Å². The Morgan fingerprint density at radius 1 is 0.551 bits per heavy atom. The standard InChI is InChI=1S/C67H111N13O17S/c1-40-41(2)52(42(3)43-39-67(13,14)94-51(40)43)98(92,93)77-60(69)70-35-21-28-47(59(87)88)76-55(83)50-31-24-38-80(50)58(86)46(27-17-20-34-73-63(91)97-66(10,11)12)75-54(82)49-30-23-37-79(49)57(85)45(26-16-19-33-72-62(90)96-65(7,8)9)74-53(81)48-29-22-36-78(48)56(84)44(68)25-15-18-32-71-61(89)95-64(4,5)6/h44-50H,15-39,68H2,1-14H3,(H,71,89)(H,72,90)(H,73,91)(H,74,81)(H,75,82)(H,76,83)(H,87,88)(H3,69,70,77)/t44-,45-,46-,47-,48-,49-,50-/m0/s1. The maximum absolute atomic E-state index is 15.0. The molecule has 4 heterocycles. The van der Waals surface area contributed by atoms with E-state index in [0.29, 0.717) is 93.2 Å². The van der Waals surface area contributed by atoms with Crippen molar-refractivity contribution in [3.8, 4) is 5.75 Å². The number of sulfonamides is 1. The molecule has 552 valence electrons. The predicted octanol–water partition coefficient (Wildman–Crippen LogP) is 4.83. The molecule has 3 fully saturated rings. The molecule has 0 bridgehead atoms. The van der Waals surface area contributed by atoms with Gasteiger partial charge in [-0.2, -0.15) is 0 Å². The highest BCUT2D eigenvalue weighted by Crippen LogP contribution is 2.44. The van der Waals surface area contributed by atoms with Gasteiger partial charge in [0.25, 0.3) is 10.0 Å². The molecule has 3 saturated heterocycles. The number of alkyl carbamates (subject to hydrolysis) is 3. The Morgan fingerprint density at radius 2 is 0.918 bits per heavy atom. The summed E-state index contributed by atoms with van der Waals surface area (Å²) in [6.45, 7) is 25.6. The summed E-state index contributed by atoms with van der Waals surface area (Å²) in [5, 5.41) is 37.8. The highest BCUT2D eigenvalue weighted by atomic mass is 32.2. The maximum atomic E-state index is 15.0. The van der Waals surface area contributed by atoms with Crippen molar-refractivity contribution in [2.45, 2.75) is 282 Å². The lowest BCUT2D eigenvalue weighted by Crippen LogP contribution is -2.59. The minimum atomic E-state index is -4.26. The van der Waals surface area contributed by atoms with Crippen molar-refractivity contribution < 1.29 is 80.4 Å². The minimum absolute atomic E-state index is 0.0169. The molecular weight excluding hydrogens is 1290 g/mol. The summed E-state index contributed by atoms with van der Waals surface area (Å²) in [6, 6.07) is -8.13. The van der Waals surface area contributed by atoms with E-state index in [1.165, 1.54) is 14.7 Å². The van der Waals surface area contributed by atoms with Gasteiger partial charge in [0, 0.05) is 57.8 Å². The second-order valence-corrected chi connectivity index (χ2v) is 31.2. The molecular formula is C67H111N13O17S. The number of amides is 9. The van der Waals surface area contributed by atoms with Gasteiger partial charge in [0.15, 0.2) is 0 Å². The number of ether oxygens (including phenoxy) is 4. The van der Waals surface area contributed by atoms with E-state index in [2.05, 4.69) is 41.9 Å². The van der Waals surface area contributed by atoms with Gasteiger partial charge in [-0.15, -0.1) is 0 Å². The molecule has 0 spiro atoms. The summed E-state index contributed by atoms with van der Waals surface area (Å²) in [5.74, 6) is -4.98. The lowest BCUT2D eigenvalue weighted by atomic mass is 9.94. The summed E-state index contributed by atoms with van der Waals surface area (Å²) >= 11 is 0. The third kappa shape index (κ3) is 24.6. The fraction of sp³-hybridized carbons (Fsp3) is 0.746. The molecule has 1 aromatic rings. The Labute approximate surface area is 577 Å². The Hall–Kier alpha value is -7.70. The number of nitrogens with two attached hydrogens (primary N) is 1. The number of likely N-dealkylation sites (tertiary alicyclic amines) is 3. The Balaban J connectivity index is 1.27. The first kappa shape index (κ1) is 81.0. The zero-order valence-electron chi connectivity index (χ0n) is 60.0. The molecule has 12 N–H and O–H groups in total. The number of nitrogens with zero attached hydrogens (tertiary/aromatic N) is 3. The van der Waals surface area contributed by atoms with E-state index in [4.69, 9.17) is 30.1 Å². The van der Waals surface area contributed by atoms with Crippen LogP contribution in [0.5, 0.6) is 5.75 Å². The topological polar surface area (TPSA) is 418 Å². The molecule has 0 saturated carbocycles. The van der Waals surface area contributed by atoms with Crippen molar-refractivity contribution in [2.24, 2.45) is 5.73 Å². The molecule has 0 unspecified atom stereocenters. The molecule has 1 aromatic carbocycles. The average Bonchev–Trinajstić information content (AvgIpc) is 1.53. The lowest BCUT2D eigenvalue weighted by molar-refractivity contribution is -0.146. The lowest BCUT2D eigenvalue weighted by Gasteiger charge is -2.33. The van der Waals surface area contributed by atoms with Crippen LogP contribution in [0.1, 0.15) is 208 Å². The number of hydrogen-bond donors (Lipinski definition) is 11. The van der Waals surface area contributed by atoms with Crippen LogP contribution in [0.4, 0.5) is 14.4 Å². The van der Waals surface area contributed by atoms with E-state index in [1.807, 2.05) is 13.8 Å². The number of carboxylic acid groups (broad SMARTS) is 1. The summed E-state index contributed by atoms with van der Waals surface area (Å²) < 4.78 is 51.9. The van der Waals surface area contributed by atoms with Gasteiger partial charge < -0.3 is 81.7 Å². The molecule has 0 radical (unpaired) electrons. The number of rotatable bonds is 31. The molecule has 7 atom stereocenters.